The van der Waals surface area contributed by atoms with Gasteiger partial charge in [-0.1, -0.05) is 15.9 Å². The van der Waals surface area contributed by atoms with Crippen LogP contribution < -0.4 is 5.32 Å². The zero-order valence-electron chi connectivity index (χ0n) is 12.6. The maximum Gasteiger partial charge on any atom is 0.134 e. The Bertz CT molecular complexity index is 803. The molecule has 2 aromatic heterocycles. The predicted molar refractivity (Wildman–Crippen MR) is 88.6 cm³/mol. The van der Waals surface area contributed by atoms with E-state index in [4.69, 9.17) is 4.42 Å². The fourth-order valence-corrected chi connectivity index (χ4v) is 2.90. The van der Waals surface area contributed by atoms with Crippen molar-refractivity contribution in [3.8, 4) is 0 Å². The number of nitrogens with zero attached hydrogens (tertiary/aromatic N) is 2. The summed E-state index contributed by atoms with van der Waals surface area (Å²) in [5.41, 5.74) is 4.10. The van der Waals surface area contributed by atoms with E-state index in [9.17, 15) is 0 Å². The van der Waals surface area contributed by atoms with E-state index in [-0.39, 0.29) is 6.04 Å². The van der Waals surface area contributed by atoms with Crippen LogP contribution in [-0.4, -0.2) is 9.78 Å². The van der Waals surface area contributed by atoms with Gasteiger partial charge in [-0.2, -0.15) is 5.10 Å². The number of aryl methyl sites for hydroxylation is 2. The van der Waals surface area contributed by atoms with E-state index in [2.05, 4.69) is 52.3 Å². The van der Waals surface area contributed by atoms with Crippen molar-refractivity contribution in [3.63, 3.8) is 0 Å². The fourth-order valence-electron chi connectivity index (χ4n) is 2.52. The number of rotatable bonds is 3. The van der Waals surface area contributed by atoms with Gasteiger partial charge in [-0.25, -0.2) is 0 Å². The first kappa shape index (κ1) is 14.2. The summed E-state index contributed by atoms with van der Waals surface area (Å²) < 4.78 is 8.88. The lowest BCUT2D eigenvalue weighted by Gasteiger charge is -2.13. The van der Waals surface area contributed by atoms with Crippen LogP contribution in [0.2, 0.25) is 0 Å². The first-order valence-electron chi connectivity index (χ1n) is 6.91. The van der Waals surface area contributed by atoms with Crippen molar-refractivity contribution in [2.24, 2.45) is 7.05 Å². The minimum atomic E-state index is 0.0813. The van der Waals surface area contributed by atoms with E-state index < -0.39 is 0 Å². The van der Waals surface area contributed by atoms with E-state index in [1.54, 1.807) is 0 Å². The molecule has 1 aromatic carbocycles. The van der Waals surface area contributed by atoms with Crippen molar-refractivity contribution in [2.45, 2.75) is 26.8 Å². The van der Waals surface area contributed by atoms with Crippen LogP contribution in [0.15, 0.2) is 33.2 Å². The lowest BCUT2D eigenvalue weighted by molar-refractivity contribution is 0.526. The zero-order valence-corrected chi connectivity index (χ0v) is 14.2. The van der Waals surface area contributed by atoms with Crippen LogP contribution in [0.4, 0.5) is 5.69 Å². The molecule has 1 atom stereocenters. The van der Waals surface area contributed by atoms with Crippen molar-refractivity contribution in [1.82, 2.24) is 9.78 Å². The van der Waals surface area contributed by atoms with Crippen molar-refractivity contribution < 1.29 is 4.42 Å². The smallest absolute Gasteiger partial charge is 0.134 e. The minimum absolute atomic E-state index is 0.0813. The highest BCUT2D eigenvalue weighted by Gasteiger charge is 2.16. The molecular weight excluding hydrogens is 330 g/mol. The summed E-state index contributed by atoms with van der Waals surface area (Å²) in [7, 11) is 1.96. The number of benzene rings is 1. The van der Waals surface area contributed by atoms with Crippen LogP contribution in [0, 0.1) is 13.8 Å². The lowest BCUT2D eigenvalue weighted by atomic mass is 10.2. The molecule has 0 aliphatic rings. The summed E-state index contributed by atoms with van der Waals surface area (Å²) in [6.07, 6.45) is 0. The maximum absolute atomic E-state index is 5.93. The van der Waals surface area contributed by atoms with E-state index in [0.29, 0.717) is 0 Å². The lowest BCUT2D eigenvalue weighted by Crippen LogP contribution is -2.07. The molecule has 0 bridgehead atoms. The SMILES string of the molecule is Cc1nn(C)c(C)c1NC(C)c1cc2cc(Br)ccc2o1. The zero-order chi connectivity index (χ0) is 15.1. The fraction of sp³-hybridized carbons (Fsp3) is 0.312. The number of nitrogens with one attached hydrogen (secondary N) is 1. The monoisotopic (exact) mass is 347 g/mol. The van der Waals surface area contributed by atoms with Gasteiger partial charge in [-0.15, -0.1) is 0 Å². The molecule has 3 aromatic rings. The first-order valence-corrected chi connectivity index (χ1v) is 7.70. The van der Waals surface area contributed by atoms with Gasteiger partial charge in [0.1, 0.15) is 11.3 Å². The maximum atomic E-state index is 5.93. The van der Waals surface area contributed by atoms with Gasteiger partial charge < -0.3 is 9.73 Å². The summed E-state index contributed by atoms with van der Waals surface area (Å²) in [5, 5.41) is 9.04. The second kappa shape index (κ2) is 5.22. The second-order valence-electron chi connectivity index (χ2n) is 5.37. The Balaban J connectivity index is 1.91. The third-order valence-electron chi connectivity index (χ3n) is 3.79. The molecule has 110 valence electrons. The summed E-state index contributed by atoms with van der Waals surface area (Å²) in [6.45, 7) is 6.17. The van der Waals surface area contributed by atoms with Crippen molar-refractivity contribution in [1.29, 1.82) is 0 Å². The van der Waals surface area contributed by atoms with Crippen LogP contribution in [0.25, 0.3) is 11.0 Å². The van der Waals surface area contributed by atoms with Crippen LogP contribution >= 0.6 is 15.9 Å². The van der Waals surface area contributed by atoms with Gasteiger partial charge in [0.25, 0.3) is 0 Å². The molecule has 0 spiro atoms. The molecule has 1 unspecified atom stereocenters. The van der Waals surface area contributed by atoms with Crippen molar-refractivity contribution in [3.05, 3.63) is 45.9 Å². The quantitative estimate of drug-likeness (QED) is 0.745. The highest BCUT2D eigenvalue weighted by molar-refractivity contribution is 9.10. The summed E-state index contributed by atoms with van der Waals surface area (Å²) >= 11 is 3.49. The summed E-state index contributed by atoms with van der Waals surface area (Å²) in [6, 6.07) is 8.20. The molecule has 2 heterocycles. The number of halogens is 1. The van der Waals surface area contributed by atoms with E-state index in [0.717, 1.165) is 38.3 Å². The number of anilines is 1. The van der Waals surface area contributed by atoms with Gasteiger partial charge >= 0.3 is 0 Å². The number of aromatic nitrogens is 2. The van der Waals surface area contributed by atoms with Crippen LogP contribution in [0.3, 0.4) is 0 Å². The third kappa shape index (κ3) is 2.58. The largest absolute Gasteiger partial charge is 0.459 e. The molecule has 1 N–H and O–H groups in total. The Kier molecular flexibility index (Phi) is 3.53. The van der Waals surface area contributed by atoms with Crippen molar-refractivity contribution in [2.75, 3.05) is 5.32 Å². The van der Waals surface area contributed by atoms with Crippen molar-refractivity contribution >= 4 is 32.6 Å². The second-order valence-corrected chi connectivity index (χ2v) is 6.28. The topological polar surface area (TPSA) is 43.0 Å². The minimum Gasteiger partial charge on any atom is -0.459 e. The van der Waals surface area contributed by atoms with Gasteiger partial charge in [-0.05, 0) is 45.0 Å². The number of hydrogen-bond donors (Lipinski definition) is 1. The Morgan fingerprint density at radius 1 is 1.29 bits per heavy atom. The molecule has 0 aliphatic carbocycles. The molecule has 3 rings (SSSR count). The third-order valence-corrected chi connectivity index (χ3v) is 4.29. The molecule has 0 saturated carbocycles. The molecule has 5 heteroatoms. The number of fused-ring (bicyclic) bond motifs is 1. The Morgan fingerprint density at radius 3 is 2.71 bits per heavy atom. The Labute approximate surface area is 132 Å². The first-order chi connectivity index (χ1) is 9.95. The van der Waals surface area contributed by atoms with Gasteiger partial charge in [0.2, 0.25) is 0 Å². The number of hydrogen-bond acceptors (Lipinski definition) is 3. The van der Waals surface area contributed by atoms with Crippen LogP contribution in [-0.2, 0) is 7.05 Å². The molecule has 0 saturated heterocycles. The highest BCUT2D eigenvalue weighted by atomic mass is 79.9. The molecule has 0 aliphatic heterocycles. The Morgan fingerprint density at radius 2 is 2.05 bits per heavy atom. The molecule has 0 radical (unpaired) electrons. The van der Waals surface area contributed by atoms with E-state index in [1.807, 2.05) is 30.8 Å². The van der Waals surface area contributed by atoms with Crippen LogP contribution in [0.1, 0.15) is 30.1 Å². The molecular formula is C16H18BrN3O. The average molecular weight is 348 g/mol. The molecule has 4 nitrogen and oxygen atoms in total. The molecule has 21 heavy (non-hydrogen) atoms. The van der Waals surface area contributed by atoms with E-state index in [1.165, 1.54) is 0 Å². The number of furan rings is 1. The standard InChI is InChI=1S/C16H18BrN3O/c1-9(18-16-10(2)19-20(4)11(16)3)15-8-12-7-13(17)5-6-14(12)21-15/h5-9,18H,1-4H3. The van der Waals surface area contributed by atoms with Gasteiger partial charge in [-0.3, -0.25) is 4.68 Å². The van der Waals surface area contributed by atoms with Crippen LogP contribution in [0.5, 0.6) is 0 Å². The van der Waals surface area contributed by atoms with Gasteiger partial charge in [0.05, 0.1) is 23.1 Å². The Hall–Kier alpha value is -1.75. The molecule has 0 fully saturated rings. The van der Waals surface area contributed by atoms with Gasteiger partial charge in [0, 0.05) is 16.9 Å². The summed E-state index contributed by atoms with van der Waals surface area (Å²) in [4.78, 5) is 0. The van der Waals surface area contributed by atoms with Gasteiger partial charge in [0.15, 0.2) is 0 Å². The molecule has 0 amide bonds. The van der Waals surface area contributed by atoms with E-state index >= 15 is 0 Å². The predicted octanol–water partition coefficient (Wildman–Crippen LogP) is 4.72. The normalized spacial score (nSPS) is 12.8. The average Bonchev–Trinajstić information content (AvgIpc) is 2.95. The highest BCUT2D eigenvalue weighted by Crippen LogP contribution is 2.30. The summed E-state index contributed by atoms with van der Waals surface area (Å²) in [5.74, 6) is 0.922.